The summed E-state index contributed by atoms with van der Waals surface area (Å²) in [6.45, 7) is 7.28. The molecule has 28 heavy (non-hydrogen) atoms. The highest BCUT2D eigenvalue weighted by Crippen LogP contribution is 2.37. The van der Waals surface area contributed by atoms with Gasteiger partial charge in [-0.15, -0.1) is 0 Å². The molecule has 0 aliphatic carbocycles. The molecule has 2 heterocycles. The third-order valence-corrected chi connectivity index (χ3v) is 6.26. The number of fused-ring (bicyclic) bond motifs is 1. The number of pyridine rings is 1. The van der Waals surface area contributed by atoms with E-state index in [4.69, 9.17) is 4.74 Å². The van der Waals surface area contributed by atoms with Gasteiger partial charge < -0.3 is 9.64 Å². The summed E-state index contributed by atoms with van der Waals surface area (Å²) < 4.78 is 6.57. The summed E-state index contributed by atoms with van der Waals surface area (Å²) in [5.41, 5.74) is 4.99. The average molecular weight is 375 g/mol. The highest BCUT2D eigenvalue weighted by Gasteiger charge is 2.36. The van der Waals surface area contributed by atoms with Crippen molar-refractivity contribution in [3.63, 3.8) is 0 Å². The molecule has 0 N–H and O–H groups in total. The van der Waals surface area contributed by atoms with Crippen LogP contribution >= 0.6 is 0 Å². The minimum Gasteiger partial charge on any atom is -0.373 e. The van der Waals surface area contributed by atoms with Gasteiger partial charge in [0.2, 0.25) is 0 Å². The van der Waals surface area contributed by atoms with Crippen molar-refractivity contribution in [2.45, 2.75) is 38.2 Å². The Bertz CT molecular complexity index is 930. The van der Waals surface area contributed by atoms with Gasteiger partial charge in [-0.2, -0.15) is 0 Å². The zero-order valence-corrected chi connectivity index (χ0v) is 17.2. The first-order valence-electron chi connectivity index (χ1n) is 10.3. The van der Waals surface area contributed by atoms with Crippen molar-refractivity contribution in [2.24, 2.45) is 0 Å². The topological polar surface area (TPSA) is 25.4 Å². The van der Waals surface area contributed by atoms with Crippen LogP contribution in [0.5, 0.6) is 0 Å². The summed E-state index contributed by atoms with van der Waals surface area (Å²) in [6.07, 6.45) is 4.15. The van der Waals surface area contributed by atoms with E-state index in [1.165, 1.54) is 22.1 Å². The maximum Gasteiger partial charge on any atom is 0.0818 e. The van der Waals surface area contributed by atoms with E-state index in [0.29, 0.717) is 0 Å². The summed E-state index contributed by atoms with van der Waals surface area (Å²) in [7, 11) is 2.21. The van der Waals surface area contributed by atoms with Crippen LogP contribution in [0, 0.1) is 6.92 Å². The minimum absolute atomic E-state index is 0.0116. The number of rotatable bonds is 5. The number of likely N-dealkylation sites (tertiary alicyclic amines) is 1. The van der Waals surface area contributed by atoms with Crippen molar-refractivity contribution in [1.82, 2.24) is 9.88 Å². The van der Waals surface area contributed by atoms with E-state index in [0.717, 1.165) is 38.1 Å². The zero-order valence-electron chi connectivity index (χ0n) is 17.2. The summed E-state index contributed by atoms with van der Waals surface area (Å²) >= 11 is 0. The molecule has 3 nitrogen and oxygen atoms in total. The van der Waals surface area contributed by atoms with Crippen molar-refractivity contribution in [1.29, 1.82) is 0 Å². The van der Waals surface area contributed by atoms with Gasteiger partial charge >= 0.3 is 0 Å². The molecular formula is C25H30N2O. The number of ether oxygens (including phenoxy) is 1. The van der Waals surface area contributed by atoms with E-state index in [1.807, 2.05) is 12.3 Å². The Balaban J connectivity index is 1.60. The third-order valence-electron chi connectivity index (χ3n) is 6.26. The van der Waals surface area contributed by atoms with Gasteiger partial charge in [0.25, 0.3) is 0 Å². The third kappa shape index (κ3) is 3.82. The number of benzene rings is 2. The largest absolute Gasteiger partial charge is 0.373 e. The van der Waals surface area contributed by atoms with Crippen LogP contribution in [0.15, 0.2) is 60.8 Å². The van der Waals surface area contributed by atoms with Gasteiger partial charge in [-0.05, 0) is 64.5 Å². The summed E-state index contributed by atoms with van der Waals surface area (Å²) in [5.74, 6) is 0. The van der Waals surface area contributed by atoms with E-state index in [1.54, 1.807) is 0 Å². The van der Waals surface area contributed by atoms with E-state index in [2.05, 4.69) is 79.3 Å². The van der Waals surface area contributed by atoms with Crippen molar-refractivity contribution < 1.29 is 4.74 Å². The van der Waals surface area contributed by atoms with Gasteiger partial charge in [-0.1, -0.05) is 48.0 Å². The van der Waals surface area contributed by atoms with Crippen LogP contribution in [0.3, 0.4) is 0 Å². The van der Waals surface area contributed by atoms with E-state index < -0.39 is 0 Å². The van der Waals surface area contributed by atoms with Gasteiger partial charge in [0.15, 0.2) is 0 Å². The Labute approximate surface area is 168 Å². The molecule has 1 aliphatic heterocycles. The molecule has 2 aromatic carbocycles. The second kappa shape index (κ2) is 8.02. The molecule has 0 amide bonds. The van der Waals surface area contributed by atoms with Crippen LogP contribution in [0.25, 0.3) is 10.9 Å². The predicted molar refractivity (Wildman–Crippen MR) is 116 cm³/mol. The van der Waals surface area contributed by atoms with Crippen molar-refractivity contribution in [3.05, 3.63) is 77.5 Å². The second-order valence-electron chi connectivity index (χ2n) is 8.33. The number of aromatic nitrogens is 1. The number of hydrogen-bond acceptors (Lipinski definition) is 3. The maximum absolute atomic E-state index is 6.57. The van der Waals surface area contributed by atoms with Gasteiger partial charge in [0, 0.05) is 22.6 Å². The Morgan fingerprint density at radius 3 is 2.57 bits per heavy atom. The summed E-state index contributed by atoms with van der Waals surface area (Å²) in [6, 6.07) is 19.5. The molecule has 0 radical (unpaired) electrons. The van der Waals surface area contributed by atoms with Gasteiger partial charge in [0.05, 0.1) is 18.2 Å². The van der Waals surface area contributed by atoms with E-state index in [9.17, 15) is 0 Å². The fourth-order valence-electron chi connectivity index (χ4n) is 4.41. The molecule has 3 aromatic rings. The molecule has 1 aromatic heterocycles. The van der Waals surface area contributed by atoms with Crippen LogP contribution < -0.4 is 0 Å². The molecule has 1 atom stereocenters. The zero-order chi connectivity index (χ0) is 19.6. The van der Waals surface area contributed by atoms with Gasteiger partial charge in [-0.25, -0.2) is 0 Å². The maximum atomic E-state index is 6.57. The van der Waals surface area contributed by atoms with Crippen molar-refractivity contribution in [2.75, 3.05) is 26.7 Å². The molecule has 1 saturated heterocycles. The first-order chi connectivity index (χ1) is 13.6. The summed E-state index contributed by atoms with van der Waals surface area (Å²) in [4.78, 5) is 7.06. The molecule has 4 rings (SSSR count). The number of nitrogens with zero attached hydrogens (tertiary/aromatic N) is 2. The summed E-state index contributed by atoms with van der Waals surface area (Å²) in [5, 5.41) is 1.19. The lowest BCUT2D eigenvalue weighted by atomic mass is 9.73. The number of piperidine rings is 1. The van der Waals surface area contributed by atoms with Crippen LogP contribution in [0.4, 0.5) is 0 Å². The molecular weight excluding hydrogens is 344 g/mol. The predicted octanol–water partition coefficient (Wildman–Crippen LogP) is 5.28. The molecule has 146 valence electrons. The quantitative estimate of drug-likeness (QED) is 0.607. The monoisotopic (exact) mass is 374 g/mol. The lowest BCUT2D eigenvalue weighted by molar-refractivity contribution is 0.00697. The highest BCUT2D eigenvalue weighted by molar-refractivity contribution is 5.82. The minimum atomic E-state index is 0.0116. The molecule has 0 bridgehead atoms. The van der Waals surface area contributed by atoms with Crippen LogP contribution in [-0.4, -0.2) is 36.6 Å². The fraction of sp³-hybridized carbons (Fsp3) is 0.400. The van der Waals surface area contributed by atoms with E-state index >= 15 is 0 Å². The molecule has 0 saturated carbocycles. The molecule has 0 spiro atoms. The lowest BCUT2D eigenvalue weighted by Crippen LogP contribution is -2.44. The first-order valence-corrected chi connectivity index (χ1v) is 10.3. The lowest BCUT2D eigenvalue weighted by Gasteiger charge is -2.41. The normalized spacial score (nSPS) is 18.2. The molecule has 1 unspecified atom stereocenters. The molecule has 1 fully saturated rings. The van der Waals surface area contributed by atoms with E-state index in [-0.39, 0.29) is 11.5 Å². The van der Waals surface area contributed by atoms with Crippen molar-refractivity contribution >= 4 is 10.9 Å². The van der Waals surface area contributed by atoms with Crippen LogP contribution in [0.1, 0.15) is 42.6 Å². The highest BCUT2D eigenvalue weighted by atomic mass is 16.5. The number of hydrogen-bond donors (Lipinski definition) is 0. The smallest absolute Gasteiger partial charge is 0.0818 e. The fourth-order valence-corrected chi connectivity index (χ4v) is 4.41. The standard InChI is InChI=1S/C25H30N2O/c1-19-16-21-8-7-13-26-24(21)23(17-19)20(2)28-18-25(11-14-27(3)15-12-25)22-9-5-4-6-10-22/h4-10,13,16-17,20H,11-12,14-15,18H2,1-3H3. The molecule has 1 aliphatic rings. The van der Waals surface area contributed by atoms with Gasteiger partial charge in [0.1, 0.15) is 0 Å². The Kier molecular flexibility index (Phi) is 5.47. The average Bonchev–Trinajstić information content (AvgIpc) is 2.73. The number of aryl methyl sites for hydroxylation is 1. The molecule has 3 heteroatoms. The Hall–Kier alpha value is -2.23. The van der Waals surface area contributed by atoms with Crippen LogP contribution in [-0.2, 0) is 10.2 Å². The van der Waals surface area contributed by atoms with Crippen molar-refractivity contribution in [3.8, 4) is 0 Å². The Morgan fingerprint density at radius 1 is 1.07 bits per heavy atom. The Morgan fingerprint density at radius 2 is 1.82 bits per heavy atom. The SMILES string of the molecule is Cc1cc(C(C)OCC2(c3ccccc3)CCN(C)CC2)c2ncccc2c1. The second-order valence-corrected chi connectivity index (χ2v) is 8.33. The van der Waals surface area contributed by atoms with Crippen LogP contribution in [0.2, 0.25) is 0 Å². The first kappa shape index (κ1) is 19.1. The van der Waals surface area contributed by atoms with Gasteiger partial charge in [-0.3, -0.25) is 4.98 Å².